The molecular formula is C23H40IN5O3. The van der Waals surface area contributed by atoms with E-state index in [4.69, 9.17) is 4.74 Å². The maximum absolute atomic E-state index is 12.1. The van der Waals surface area contributed by atoms with Crippen LogP contribution in [0, 0.1) is 5.92 Å². The van der Waals surface area contributed by atoms with Crippen molar-refractivity contribution < 1.29 is 14.3 Å². The lowest BCUT2D eigenvalue weighted by Crippen LogP contribution is -2.45. The molecule has 2 amide bonds. The van der Waals surface area contributed by atoms with Crippen LogP contribution in [-0.2, 0) is 11.2 Å². The number of ether oxygens (including phenoxy) is 1. The Hall–Kier alpha value is -2.04. The van der Waals surface area contributed by atoms with Gasteiger partial charge in [-0.15, -0.1) is 24.0 Å². The molecule has 0 aliphatic rings. The Morgan fingerprint density at radius 1 is 1.16 bits per heavy atom. The highest BCUT2D eigenvalue weighted by molar-refractivity contribution is 14.0. The van der Waals surface area contributed by atoms with E-state index in [2.05, 4.69) is 26.3 Å². The van der Waals surface area contributed by atoms with Gasteiger partial charge in [0.25, 0.3) is 5.91 Å². The van der Waals surface area contributed by atoms with E-state index < -0.39 is 11.7 Å². The summed E-state index contributed by atoms with van der Waals surface area (Å²) in [7, 11) is 1.62. The van der Waals surface area contributed by atoms with Crippen LogP contribution in [0.3, 0.4) is 0 Å². The molecule has 1 rings (SSSR count). The van der Waals surface area contributed by atoms with Crippen molar-refractivity contribution in [2.45, 2.75) is 59.6 Å². The predicted molar refractivity (Wildman–Crippen MR) is 141 cm³/mol. The summed E-state index contributed by atoms with van der Waals surface area (Å²) in [5.41, 5.74) is 1.17. The molecular weight excluding hydrogens is 521 g/mol. The second-order valence-corrected chi connectivity index (χ2v) is 8.67. The Bertz CT molecular complexity index is 747. The van der Waals surface area contributed by atoms with E-state index in [1.54, 1.807) is 13.1 Å². The normalized spacial score (nSPS) is 12.4. The van der Waals surface area contributed by atoms with Gasteiger partial charge in [-0.2, -0.15) is 0 Å². The molecule has 1 aromatic carbocycles. The minimum atomic E-state index is -0.541. The van der Waals surface area contributed by atoms with Crippen LogP contribution in [0.25, 0.3) is 0 Å². The van der Waals surface area contributed by atoms with Gasteiger partial charge in [0, 0.05) is 25.7 Å². The molecule has 0 saturated carbocycles. The molecule has 32 heavy (non-hydrogen) atoms. The highest BCUT2D eigenvalue weighted by atomic mass is 127. The average molecular weight is 562 g/mol. The number of halogens is 1. The van der Waals surface area contributed by atoms with E-state index in [0.717, 1.165) is 18.5 Å². The van der Waals surface area contributed by atoms with Gasteiger partial charge >= 0.3 is 6.09 Å². The zero-order chi connectivity index (χ0) is 23.4. The molecule has 8 nitrogen and oxygen atoms in total. The number of nitrogens with one attached hydrogen (secondary N) is 4. The van der Waals surface area contributed by atoms with Crippen LogP contribution < -0.4 is 21.3 Å². The standard InChI is InChI=1S/C23H39N5O3.HI/c1-8-25-21(26-13-12-17-10-9-11-18(14-17)20(29)24-7)27-15-19(16(2)3)28-22(30)31-23(4,5)6;/h9-11,14,16,19H,8,12-13,15H2,1-7H3,(H,24,29)(H,28,30)(H2,25,26,27);1H. The van der Waals surface area contributed by atoms with Crippen molar-refractivity contribution in [3.05, 3.63) is 35.4 Å². The van der Waals surface area contributed by atoms with E-state index in [9.17, 15) is 9.59 Å². The summed E-state index contributed by atoms with van der Waals surface area (Å²) in [5.74, 6) is 0.787. The van der Waals surface area contributed by atoms with E-state index in [1.165, 1.54) is 0 Å². The van der Waals surface area contributed by atoms with Gasteiger partial charge in [0.05, 0.1) is 12.6 Å². The first-order chi connectivity index (χ1) is 14.6. The number of guanidine groups is 1. The number of nitrogens with zero attached hydrogens (tertiary/aromatic N) is 1. The van der Waals surface area contributed by atoms with Crippen molar-refractivity contribution in [3.8, 4) is 0 Å². The summed E-state index contributed by atoms with van der Waals surface area (Å²) in [6, 6.07) is 7.43. The lowest BCUT2D eigenvalue weighted by molar-refractivity contribution is 0.0493. The summed E-state index contributed by atoms with van der Waals surface area (Å²) in [6.07, 6.45) is 0.314. The van der Waals surface area contributed by atoms with Gasteiger partial charge in [-0.3, -0.25) is 9.79 Å². The molecule has 0 aromatic heterocycles. The second kappa shape index (κ2) is 14.9. The number of carbonyl (C=O) groups is 2. The van der Waals surface area contributed by atoms with Crippen LogP contribution in [0.1, 0.15) is 57.5 Å². The van der Waals surface area contributed by atoms with Crippen LogP contribution >= 0.6 is 24.0 Å². The summed E-state index contributed by atoms with van der Waals surface area (Å²) in [5, 5.41) is 12.1. The zero-order valence-electron chi connectivity index (χ0n) is 20.4. The Morgan fingerprint density at radius 2 is 1.84 bits per heavy atom. The quantitative estimate of drug-likeness (QED) is 0.211. The highest BCUT2D eigenvalue weighted by Crippen LogP contribution is 2.09. The first-order valence-electron chi connectivity index (χ1n) is 10.9. The van der Waals surface area contributed by atoms with Gasteiger partial charge in [-0.05, 0) is 57.7 Å². The number of amides is 2. The van der Waals surface area contributed by atoms with E-state index in [0.29, 0.717) is 24.6 Å². The third-order valence-corrected chi connectivity index (χ3v) is 4.42. The molecule has 0 radical (unpaired) electrons. The fourth-order valence-electron chi connectivity index (χ4n) is 2.75. The third kappa shape index (κ3) is 12.1. The molecule has 0 fully saturated rings. The first-order valence-corrected chi connectivity index (χ1v) is 10.9. The predicted octanol–water partition coefficient (Wildman–Crippen LogP) is 3.31. The van der Waals surface area contributed by atoms with Crippen LogP contribution in [0.15, 0.2) is 29.3 Å². The number of alkyl carbamates (subject to hydrolysis) is 1. The van der Waals surface area contributed by atoms with E-state index in [-0.39, 0.29) is 41.8 Å². The minimum Gasteiger partial charge on any atom is -0.444 e. The summed E-state index contributed by atoms with van der Waals surface area (Å²) >= 11 is 0. The van der Waals surface area contributed by atoms with Crippen molar-refractivity contribution in [1.82, 2.24) is 21.3 Å². The maximum Gasteiger partial charge on any atom is 0.407 e. The smallest absolute Gasteiger partial charge is 0.407 e. The molecule has 0 aliphatic carbocycles. The number of aliphatic imine (C=N–C) groups is 1. The number of benzene rings is 1. The molecule has 0 saturated heterocycles. The van der Waals surface area contributed by atoms with Crippen molar-refractivity contribution in [1.29, 1.82) is 0 Å². The number of hydrogen-bond acceptors (Lipinski definition) is 4. The molecule has 1 atom stereocenters. The summed E-state index contributed by atoms with van der Waals surface area (Å²) in [6.45, 7) is 13.4. The molecule has 0 bridgehead atoms. The molecule has 1 aromatic rings. The molecule has 0 heterocycles. The lowest BCUT2D eigenvalue weighted by Gasteiger charge is -2.25. The van der Waals surface area contributed by atoms with Gasteiger partial charge in [0.2, 0.25) is 0 Å². The zero-order valence-corrected chi connectivity index (χ0v) is 22.7. The highest BCUT2D eigenvalue weighted by Gasteiger charge is 2.21. The van der Waals surface area contributed by atoms with Crippen LogP contribution in [0.4, 0.5) is 4.79 Å². The van der Waals surface area contributed by atoms with Crippen LogP contribution in [0.2, 0.25) is 0 Å². The Morgan fingerprint density at radius 3 is 2.41 bits per heavy atom. The first kappa shape index (κ1) is 30.0. The van der Waals surface area contributed by atoms with Gasteiger partial charge < -0.3 is 26.0 Å². The average Bonchev–Trinajstić information content (AvgIpc) is 2.69. The Kier molecular flexibility index (Phi) is 14.0. The largest absolute Gasteiger partial charge is 0.444 e. The SMILES string of the molecule is CCNC(=NCC(NC(=O)OC(C)(C)C)C(C)C)NCCc1cccc(C(=O)NC)c1.I. The van der Waals surface area contributed by atoms with Crippen molar-refractivity contribution in [3.63, 3.8) is 0 Å². The van der Waals surface area contributed by atoms with Crippen LogP contribution in [0.5, 0.6) is 0 Å². The van der Waals surface area contributed by atoms with E-state index >= 15 is 0 Å². The van der Waals surface area contributed by atoms with Crippen molar-refractivity contribution >= 4 is 41.9 Å². The third-order valence-electron chi connectivity index (χ3n) is 4.42. The van der Waals surface area contributed by atoms with Gasteiger partial charge in [-0.1, -0.05) is 26.0 Å². The Labute approximate surface area is 209 Å². The Balaban J connectivity index is 0.00000961. The van der Waals surface area contributed by atoms with E-state index in [1.807, 2.05) is 59.7 Å². The molecule has 9 heteroatoms. The van der Waals surface area contributed by atoms with Gasteiger partial charge in [0.15, 0.2) is 5.96 Å². The maximum atomic E-state index is 12.1. The molecule has 0 spiro atoms. The monoisotopic (exact) mass is 561 g/mol. The summed E-state index contributed by atoms with van der Waals surface area (Å²) in [4.78, 5) is 28.6. The van der Waals surface area contributed by atoms with Gasteiger partial charge in [-0.25, -0.2) is 4.79 Å². The van der Waals surface area contributed by atoms with Crippen molar-refractivity contribution in [2.75, 3.05) is 26.7 Å². The topological polar surface area (TPSA) is 104 Å². The number of hydrogen-bond donors (Lipinski definition) is 4. The molecule has 4 N–H and O–H groups in total. The van der Waals surface area contributed by atoms with Crippen LogP contribution in [-0.4, -0.2) is 56.3 Å². The summed E-state index contributed by atoms with van der Waals surface area (Å²) < 4.78 is 5.36. The number of carbonyl (C=O) groups excluding carboxylic acids is 2. The van der Waals surface area contributed by atoms with Crippen molar-refractivity contribution in [2.24, 2.45) is 10.9 Å². The minimum absolute atomic E-state index is 0. The number of rotatable bonds is 9. The fourth-order valence-corrected chi connectivity index (χ4v) is 2.75. The molecule has 1 unspecified atom stereocenters. The molecule has 0 aliphatic heterocycles. The lowest BCUT2D eigenvalue weighted by atomic mass is 10.1. The van der Waals surface area contributed by atoms with Gasteiger partial charge in [0.1, 0.15) is 5.60 Å². The molecule has 182 valence electrons. The fraction of sp³-hybridized carbons (Fsp3) is 0.609. The second-order valence-electron chi connectivity index (χ2n) is 8.67.